The van der Waals surface area contributed by atoms with Gasteiger partial charge in [-0.15, -0.1) is 0 Å². The topological polar surface area (TPSA) is 47.6 Å². The number of esters is 1. The van der Waals surface area contributed by atoms with Crippen LogP contribution in [0.5, 0.6) is 0 Å². The lowest BCUT2D eigenvalue weighted by Gasteiger charge is -2.16. The van der Waals surface area contributed by atoms with Crippen molar-refractivity contribution in [3.63, 3.8) is 0 Å². The second kappa shape index (κ2) is 5.80. The minimum Gasteiger partial charge on any atom is -0.460 e. The highest BCUT2D eigenvalue weighted by molar-refractivity contribution is 5.77. The predicted molar refractivity (Wildman–Crippen MR) is 63.4 cm³/mol. The summed E-state index contributed by atoms with van der Waals surface area (Å²) in [5.74, 6) is -0.238. The molecular weight excluding hydrogens is 218 g/mol. The van der Waals surface area contributed by atoms with Gasteiger partial charge in [0.2, 0.25) is 0 Å². The molecule has 0 radical (unpaired) electrons. The summed E-state index contributed by atoms with van der Waals surface area (Å²) < 4.78 is 10.5. The summed E-state index contributed by atoms with van der Waals surface area (Å²) in [5.41, 5.74) is 0.993. The third kappa shape index (κ3) is 3.05. The van der Waals surface area contributed by atoms with Crippen molar-refractivity contribution in [1.82, 2.24) is 5.32 Å². The zero-order chi connectivity index (χ0) is 12.1. The van der Waals surface area contributed by atoms with E-state index >= 15 is 0 Å². The normalized spacial score (nSPS) is 23.6. The molecule has 0 amide bonds. The van der Waals surface area contributed by atoms with Crippen molar-refractivity contribution in [3.8, 4) is 0 Å². The van der Waals surface area contributed by atoms with Crippen LogP contribution in [-0.2, 0) is 20.9 Å². The Morgan fingerprint density at radius 2 is 2.18 bits per heavy atom. The standard InChI is InChI=1S/C13H17NO3/c1-16-11-7-8-14-12(11)13(15)17-9-10-5-3-2-4-6-10/h2-6,11-12,14H,7-9H2,1H3/t11?,12-/m0/s1. The van der Waals surface area contributed by atoms with Gasteiger partial charge in [0.15, 0.2) is 0 Å². The van der Waals surface area contributed by atoms with Crippen LogP contribution in [0, 0.1) is 0 Å². The highest BCUT2D eigenvalue weighted by Gasteiger charge is 2.33. The molecule has 1 aromatic carbocycles. The molecule has 17 heavy (non-hydrogen) atoms. The molecule has 4 nitrogen and oxygen atoms in total. The summed E-state index contributed by atoms with van der Waals surface area (Å²) in [6, 6.07) is 9.32. The van der Waals surface area contributed by atoms with Crippen LogP contribution >= 0.6 is 0 Å². The molecule has 0 spiro atoms. The van der Waals surface area contributed by atoms with Gasteiger partial charge < -0.3 is 14.8 Å². The molecule has 1 N–H and O–H groups in total. The predicted octanol–water partition coefficient (Wildman–Crippen LogP) is 1.11. The Morgan fingerprint density at radius 1 is 1.41 bits per heavy atom. The quantitative estimate of drug-likeness (QED) is 0.794. The number of benzene rings is 1. The van der Waals surface area contributed by atoms with E-state index in [4.69, 9.17) is 9.47 Å². The van der Waals surface area contributed by atoms with E-state index in [-0.39, 0.29) is 18.1 Å². The van der Waals surface area contributed by atoms with Crippen LogP contribution in [0.2, 0.25) is 0 Å². The molecule has 1 aliphatic rings. The van der Waals surface area contributed by atoms with Crippen molar-refractivity contribution >= 4 is 5.97 Å². The lowest BCUT2D eigenvalue weighted by Crippen LogP contribution is -2.40. The lowest BCUT2D eigenvalue weighted by molar-refractivity contribution is -0.149. The maximum atomic E-state index is 11.8. The number of nitrogens with one attached hydrogen (secondary N) is 1. The van der Waals surface area contributed by atoms with E-state index in [1.807, 2.05) is 30.3 Å². The second-order valence-corrected chi connectivity index (χ2v) is 4.09. The van der Waals surface area contributed by atoms with Gasteiger partial charge in [0.25, 0.3) is 0 Å². The molecule has 1 fully saturated rings. The highest BCUT2D eigenvalue weighted by atomic mass is 16.5. The first kappa shape index (κ1) is 12.1. The first-order valence-electron chi connectivity index (χ1n) is 5.78. The minimum atomic E-state index is -0.330. The summed E-state index contributed by atoms with van der Waals surface area (Å²) in [4.78, 5) is 11.8. The van der Waals surface area contributed by atoms with Crippen LogP contribution in [0.4, 0.5) is 0 Å². The minimum absolute atomic E-state index is 0.0710. The van der Waals surface area contributed by atoms with Gasteiger partial charge in [-0.3, -0.25) is 4.79 Å². The first-order chi connectivity index (χ1) is 8.31. The fourth-order valence-electron chi connectivity index (χ4n) is 1.99. The Hall–Kier alpha value is -1.39. The molecule has 92 valence electrons. The monoisotopic (exact) mass is 235 g/mol. The Balaban J connectivity index is 1.85. The van der Waals surface area contributed by atoms with E-state index in [0.717, 1.165) is 18.5 Å². The smallest absolute Gasteiger partial charge is 0.326 e. The van der Waals surface area contributed by atoms with E-state index in [1.165, 1.54) is 0 Å². The lowest BCUT2D eigenvalue weighted by atomic mass is 10.2. The van der Waals surface area contributed by atoms with Crippen LogP contribution in [0.25, 0.3) is 0 Å². The third-order valence-electron chi connectivity index (χ3n) is 2.95. The molecule has 1 unspecified atom stereocenters. The SMILES string of the molecule is COC1CCN[C@@H]1C(=O)OCc1ccccc1. The molecule has 1 aliphatic heterocycles. The second-order valence-electron chi connectivity index (χ2n) is 4.09. The fraction of sp³-hybridized carbons (Fsp3) is 0.462. The summed E-state index contributed by atoms with van der Waals surface area (Å²) in [7, 11) is 1.62. The van der Waals surface area contributed by atoms with Crippen LogP contribution in [-0.4, -0.2) is 31.8 Å². The number of carbonyl (C=O) groups excluding carboxylic acids is 1. The molecule has 0 aliphatic carbocycles. The van der Waals surface area contributed by atoms with Crippen molar-refractivity contribution in [2.24, 2.45) is 0 Å². The summed E-state index contributed by atoms with van der Waals surface area (Å²) >= 11 is 0. The van der Waals surface area contributed by atoms with Crippen LogP contribution in [0.3, 0.4) is 0 Å². The number of hydrogen-bond acceptors (Lipinski definition) is 4. The molecule has 0 aromatic heterocycles. The third-order valence-corrected chi connectivity index (χ3v) is 2.95. The summed E-state index contributed by atoms with van der Waals surface area (Å²) in [5, 5.41) is 3.09. The zero-order valence-corrected chi connectivity index (χ0v) is 9.89. The first-order valence-corrected chi connectivity index (χ1v) is 5.78. The summed E-state index contributed by atoms with van der Waals surface area (Å²) in [6.07, 6.45) is 0.778. The molecule has 2 rings (SSSR count). The highest BCUT2D eigenvalue weighted by Crippen LogP contribution is 2.12. The molecule has 0 bridgehead atoms. The molecule has 4 heteroatoms. The number of hydrogen-bond donors (Lipinski definition) is 1. The largest absolute Gasteiger partial charge is 0.460 e. The van der Waals surface area contributed by atoms with E-state index in [2.05, 4.69) is 5.32 Å². The van der Waals surface area contributed by atoms with Crippen molar-refractivity contribution in [2.45, 2.75) is 25.2 Å². The van der Waals surface area contributed by atoms with E-state index in [9.17, 15) is 4.79 Å². The molecule has 0 saturated carbocycles. The van der Waals surface area contributed by atoms with Gasteiger partial charge in [0.05, 0.1) is 6.10 Å². The van der Waals surface area contributed by atoms with Gasteiger partial charge in [0, 0.05) is 7.11 Å². The van der Waals surface area contributed by atoms with E-state index in [0.29, 0.717) is 6.61 Å². The van der Waals surface area contributed by atoms with Crippen molar-refractivity contribution in [2.75, 3.05) is 13.7 Å². The van der Waals surface area contributed by atoms with Crippen LogP contribution < -0.4 is 5.32 Å². The zero-order valence-electron chi connectivity index (χ0n) is 9.89. The number of carbonyl (C=O) groups is 1. The van der Waals surface area contributed by atoms with Gasteiger partial charge in [-0.05, 0) is 18.5 Å². The number of ether oxygens (including phenoxy) is 2. The van der Waals surface area contributed by atoms with Gasteiger partial charge in [-0.2, -0.15) is 0 Å². The Labute approximate surface area is 101 Å². The summed E-state index contributed by atoms with van der Waals surface area (Å²) in [6.45, 7) is 1.11. The van der Waals surface area contributed by atoms with E-state index in [1.54, 1.807) is 7.11 Å². The average Bonchev–Trinajstić information content (AvgIpc) is 2.85. The van der Waals surface area contributed by atoms with Gasteiger partial charge >= 0.3 is 5.97 Å². The molecule has 1 saturated heterocycles. The maximum Gasteiger partial charge on any atom is 0.326 e. The van der Waals surface area contributed by atoms with Gasteiger partial charge in [-0.25, -0.2) is 0 Å². The van der Waals surface area contributed by atoms with Crippen molar-refractivity contribution in [1.29, 1.82) is 0 Å². The molecule has 1 heterocycles. The molecular formula is C13H17NO3. The Bertz CT molecular complexity index is 366. The molecule has 1 aromatic rings. The van der Waals surface area contributed by atoms with Crippen molar-refractivity contribution < 1.29 is 14.3 Å². The Kier molecular flexibility index (Phi) is 4.12. The van der Waals surface area contributed by atoms with Crippen LogP contribution in [0.1, 0.15) is 12.0 Å². The van der Waals surface area contributed by atoms with Crippen molar-refractivity contribution in [3.05, 3.63) is 35.9 Å². The molecule has 2 atom stereocenters. The average molecular weight is 235 g/mol. The van der Waals surface area contributed by atoms with E-state index < -0.39 is 0 Å². The van der Waals surface area contributed by atoms with Gasteiger partial charge in [-0.1, -0.05) is 30.3 Å². The Morgan fingerprint density at radius 3 is 2.88 bits per heavy atom. The van der Waals surface area contributed by atoms with Crippen LogP contribution in [0.15, 0.2) is 30.3 Å². The fourth-order valence-corrected chi connectivity index (χ4v) is 1.99. The number of methoxy groups -OCH3 is 1. The maximum absolute atomic E-state index is 11.8. The van der Waals surface area contributed by atoms with Gasteiger partial charge in [0.1, 0.15) is 12.6 Å². The number of rotatable bonds is 4.